The van der Waals surface area contributed by atoms with Crippen LogP contribution in [0.1, 0.15) is 72.7 Å². The molecular formula is C47H34N2O4. The summed E-state index contributed by atoms with van der Waals surface area (Å²) in [6.07, 6.45) is 1.36. The molecule has 2 aliphatic rings. The number of amides is 4. The normalized spacial score (nSPS) is 14.4. The van der Waals surface area contributed by atoms with Gasteiger partial charge in [0.15, 0.2) is 0 Å². The Labute approximate surface area is 306 Å². The summed E-state index contributed by atoms with van der Waals surface area (Å²) in [5, 5.41) is 3.18. The SMILES string of the molecule is C[C@@H](CCCN1C(=O)c2cccc3c(-c4ccccc4)ccc(c23)C1=O)c1ccc(N2C(=O)c3cccc4c(-c5ccccc5)ccc(c34)C2=O)cc1. The van der Waals surface area contributed by atoms with Crippen LogP contribution in [0.3, 0.4) is 0 Å². The molecule has 53 heavy (non-hydrogen) atoms. The molecule has 6 nitrogen and oxygen atoms in total. The smallest absolute Gasteiger partial charge is 0.265 e. The highest BCUT2D eigenvalue weighted by Gasteiger charge is 2.35. The lowest BCUT2D eigenvalue weighted by Gasteiger charge is -2.28. The Morgan fingerprint density at radius 3 is 1.43 bits per heavy atom. The number of anilines is 1. The summed E-state index contributed by atoms with van der Waals surface area (Å²) >= 11 is 0. The minimum Gasteiger partial charge on any atom is -0.274 e. The zero-order valence-electron chi connectivity index (χ0n) is 29.1. The van der Waals surface area contributed by atoms with E-state index in [0.717, 1.165) is 50.4 Å². The largest absolute Gasteiger partial charge is 0.274 e. The average molecular weight is 691 g/mol. The third kappa shape index (κ3) is 5.25. The van der Waals surface area contributed by atoms with Crippen LogP contribution in [0.4, 0.5) is 5.69 Å². The summed E-state index contributed by atoms with van der Waals surface area (Å²) in [5.41, 5.74) is 7.70. The number of hydrogen-bond acceptors (Lipinski definition) is 4. The number of carbonyl (C=O) groups is 4. The van der Waals surface area contributed by atoms with Crippen molar-refractivity contribution in [3.63, 3.8) is 0 Å². The lowest BCUT2D eigenvalue weighted by atomic mass is 9.88. The van der Waals surface area contributed by atoms with Crippen LogP contribution in [0, 0.1) is 0 Å². The van der Waals surface area contributed by atoms with Crippen LogP contribution in [0.15, 0.2) is 146 Å². The topological polar surface area (TPSA) is 74.8 Å². The van der Waals surface area contributed by atoms with Gasteiger partial charge in [-0.1, -0.05) is 116 Å². The molecule has 0 N–H and O–H groups in total. The van der Waals surface area contributed by atoms with E-state index in [1.54, 1.807) is 6.07 Å². The maximum absolute atomic E-state index is 13.9. The first kappa shape index (κ1) is 32.3. The van der Waals surface area contributed by atoms with Gasteiger partial charge in [0, 0.05) is 39.6 Å². The van der Waals surface area contributed by atoms with Gasteiger partial charge < -0.3 is 0 Å². The van der Waals surface area contributed by atoms with Gasteiger partial charge in [0.25, 0.3) is 23.6 Å². The van der Waals surface area contributed by atoms with Crippen LogP contribution < -0.4 is 4.90 Å². The van der Waals surface area contributed by atoms with Crippen molar-refractivity contribution in [2.75, 3.05) is 11.4 Å². The highest BCUT2D eigenvalue weighted by atomic mass is 16.2. The first-order valence-electron chi connectivity index (χ1n) is 18.0. The molecule has 7 aromatic carbocycles. The van der Waals surface area contributed by atoms with Crippen molar-refractivity contribution < 1.29 is 19.2 Å². The molecule has 256 valence electrons. The number of imide groups is 2. The predicted octanol–water partition coefficient (Wildman–Crippen LogP) is 10.3. The van der Waals surface area contributed by atoms with Crippen molar-refractivity contribution in [3.8, 4) is 22.3 Å². The number of nitrogens with zero attached hydrogens (tertiary/aromatic N) is 2. The summed E-state index contributed by atoms with van der Waals surface area (Å²) in [6, 6.07) is 46.4. The molecule has 0 aromatic heterocycles. The third-order valence-corrected chi connectivity index (χ3v) is 10.8. The Balaban J connectivity index is 0.903. The van der Waals surface area contributed by atoms with E-state index in [4.69, 9.17) is 0 Å². The minimum atomic E-state index is -0.344. The van der Waals surface area contributed by atoms with Crippen LogP contribution in [0.25, 0.3) is 43.8 Å². The van der Waals surface area contributed by atoms with Gasteiger partial charge in [-0.25, -0.2) is 4.90 Å². The van der Waals surface area contributed by atoms with Gasteiger partial charge in [-0.15, -0.1) is 0 Å². The van der Waals surface area contributed by atoms with Crippen molar-refractivity contribution in [2.24, 2.45) is 0 Å². The number of carbonyl (C=O) groups excluding carboxylic acids is 4. The Morgan fingerprint density at radius 2 is 0.906 bits per heavy atom. The molecule has 7 aromatic rings. The van der Waals surface area contributed by atoms with E-state index in [9.17, 15) is 19.2 Å². The molecule has 6 heteroatoms. The Morgan fingerprint density at radius 1 is 0.453 bits per heavy atom. The standard InChI is InChI=1S/C47H34N2O4/c1-29(11-10-28-48-44(50)38-18-8-16-36-34(31-12-4-2-5-13-31)24-26-40(42(36)38)45(48)51)30-20-22-33(23-21-30)49-46(52)39-19-9-17-37-35(32-14-6-3-7-15-32)25-27-41(43(37)39)47(49)53/h2-9,12-27,29H,10-11,28H2,1H3/t29-/m0/s1. The van der Waals surface area contributed by atoms with Crippen LogP contribution in [-0.4, -0.2) is 35.1 Å². The van der Waals surface area contributed by atoms with Crippen molar-refractivity contribution >= 4 is 50.9 Å². The van der Waals surface area contributed by atoms with E-state index in [1.807, 2.05) is 140 Å². The second-order valence-electron chi connectivity index (χ2n) is 13.9. The molecular weight excluding hydrogens is 657 g/mol. The van der Waals surface area contributed by atoms with E-state index in [1.165, 1.54) is 9.80 Å². The fourth-order valence-electron chi connectivity index (χ4n) is 8.09. The van der Waals surface area contributed by atoms with E-state index in [2.05, 4.69) is 6.92 Å². The molecule has 2 aliphatic heterocycles. The van der Waals surface area contributed by atoms with E-state index < -0.39 is 0 Å². The molecule has 0 aliphatic carbocycles. The third-order valence-electron chi connectivity index (χ3n) is 10.8. The quantitative estimate of drug-likeness (QED) is 0.149. The average Bonchev–Trinajstić information content (AvgIpc) is 3.20. The van der Waals surface area contributed by atoms with E-state index >= 15 is 0 Å². The summed E-state index contributed by atoms with van der Waals surface area (Å²) in [4.78, 5) is 57.8. The van der Waals surface area contributed by atoms with Crippen molar-refractivity contribution in [2.45, 2.75) is 25.7 Å². The van der Waals surface area contributed by atoms with Crippen LogP contribution in [-0.2, 0) is 0 Å². The fraction of sp³-hybridized carbons (Fsp3) is 0.106. The van der Waals surface area contributed by atoms with Crippen LogP contribution >= 0.6 is 0 Å². The zero-order chi connectivity index (χ0) is 36.2. The highest BCUT2D eigenvalue weighted by Crippen LogP contribution is 2.39. The molecule has 4 amide bonds. The Hall–Kier alpha value is -6.66. The van der Waals surface area contributed by atoms with Gasteiger partial charge in [-0.2, -0.15) is 0 Å². The monoisotopic (exact) mass is 690 g/mol. The molecule has 0 radical (unpaired) electrons. The first-order valence-corrected chi connectivity index (χ1v) is 18.0. The highest BCUT2D eigenvalue weighted by molar-refractivity contribution is 6.36. The Kier molecular flexibility index (Phi) is 7.81. The maximum Gasteiger partial charge on any atom is 0.265 e. The van der Waals surface area contributed by atoms with Gasteiger partial charge in [0.05, 0.1) is 5.69 Å². The van der Waals surface area contributed by atoms with Crippen molar-refractivity contribution in [1.82, 2.24) is 4.90 Å². The first-order chi connectivity index (χ1) is 25.9. The van der Waals surface area contributed by atoms with E-state index in [-0.39, 0.29) is 29.5 Å². The van der Waals surface area contributed by atoms with Crippen LogP contribution in [0.2, 0.25) is 0 Å². The number of benzene rings is 7. The molecule has 1 atom stereocenters. The number of hydrogen-bond donors (Lipinski definition) is 0. The van der Waals surface area contributed by atoms with Crippen LogP contribution in [0.5, 0.6) is 0 Å². The summed E-state index contributed by atoms with van der Waals surface area (Å²) in [7, 11) is 0. The maximum atomic E-state index is 13.9. The fourth-order valence-corrected chi connectivity index (χ4v) is 8.09. The van der Waals surface area contributed by atoms with Crippen molar-refractivity contribution in [1.29, 1.82) is 0 Å². The Bertz CT molecular complexity index is 2590. The molecule has 0 bridgehead atoms. The number of rotatable bonds is 8. The van der Waals surface area contributed by atoms with Gasteiger partial charge in [0.1, 0.15) is 0 Å². The molecule has 0 saturated heterocycles. The lowest BCUT2D eigenvalue weighted by Crippen LogP contribution is -2.41. The predicted molar refractivity (Wildman–Crippen MR) is 209 cm³/mol. The molecule has 0 saturated carbocycles. The second-order valence-corrected chi connectivity index (χ2v) is 13.9. The summed E-state index contributed by atoms with van der Waals surface area (Å²) in [6.45, 7) is 2.42. The second kappa shape index (κ2) is 12.8. The van der Waals surface area contributed by atoms with Gasteiger partial charge in [-0.3, -0.25) is 24.1 Å². The molecule has 0 spiro atoms. The summed E-state index contributed by atoms with van der Waals surface area (Å²) in [5.74, 6) is -1.10. The molecule has 9 rings (SSSR count). The van der Waals surface area contributed by atoms with Gasteiger partial charge in [-0.05, 0) is 93.7 Å². The summed E-state index contributed by atoms with van der Waals surface area (Å²) < 4.78 is 0. The molecule has 0 fully saturated rings. The molecule has 0 unspecified atom stereocenters. The van der Waals surface area contributed by atoms with Crippen molar-refractivity contribution in [3.05, 3.63) is 173 Å². The minimum absolute atomic E-state index is 0.113. The van der Waals surface area contributed by atoms with E-state index in [0.29, 0.717) is 46.3 Å². The lowest BCUT2D eigenvalue weighted by molar-refractivity contribution is 0.0606. The molecule has 2 heterocycles. The zero-order valence-corrected chi connectivity index (χ0v) is 29.1. The van der Waals surface area contributed by atoms with Gasteiger partial charge >= 0.3 is 0 Å². The van der Waals surface area contributed by atoms with Gasteiger partial charge in [0.2, 0.25) is 0 Å².